The van der Waals surface area contributed by atoms with Crippen molar-refractivity contribution in [1.82, 2.24) is 18.9 Å². The van der Waals surface area contributed by atoms with Crippen molar-refractivity contribution in [3.63, 3.8) is 0 Å². The summed E-state index contributed by atoms with van der Waals surface area (Å²) in [5, 5.41) is 0. The molecule has 0 amide bonds. The number of para-hydroxylation sites is 2. The summed E-state index contributed by atoms with van der Waals surface area (Å²) >= 11 is 0. The number of benzene rings is 2. The summed E-state index contributed by atoms with van der Waals surface area (Å²) in [7, 11) is 0. The monoisotopic (exact) mass is 346 g/mol. The Balaban J connectivity index is 1.91. The molecule has 0 saturated heterocycles. The third-order valence-corrected chi connectivity index (χ3v) is 5.26. The number of aryl methyl sites for hydroxylation is 1. The first-order valence-electron chi connectivity index (χ1n) is 9.44. The Morgan fingerprint density at radius 1 is 0.885 bits per heavy atom. The summed E-state index contributed by atoms with van der Waals surface area (Å²) < 4.78 is 4.69. The first kappa shape index (κ1) is 16.9. The molecule has 0 fully saturated rings. The van der Waals surface area contributed by atoms with E-state index in [0.29, 0.717) is 0 Å². The summed E-state index contributed by atoms with van der Waals surface area (Å²) in [4.78, 5) is 7.41. The van der Waals surface area contributed by atoms with Gasteiger partial charge in [-0.05, 0) is 37.7 Å². The highest BCUT2D eigenvalue weighted by molar-refractivity contribution is 5.81. The molecule has 2 aromatic heterocycles. The third kappa shape index (κ3) is 2.80. The van der Waals surface area contributed by atoms with Crippen LogP contribution in [0.3, 0.4) is 0 Å². The number of rotatable bonds is 6. The Bertz CT molecular complexity index is 1020. The highest BCUT2D eigenvalue weighted by Crippen LogP contribution is 2.26. The van der Waals surface area contributed by atoms with Gasteiger partial charge in [-0.25, -0.2) is 4.98 Å². The maximum Gasteiger partial charge on any atom is 0.215 e. The minimum absolute atomic E-state index is 0.832. The molecule has 26 heavy (non-hydrogen) atoms. The molecule has 2 aromatic carbocycles. The lowest BCUT2D eigenvalue weighted by Crippen LogP contribution is -2.23. The van der Waals surface area contributed by atoms with Gasteiger partial charge in [0.2, 0.25) is 5.78 Å². The molecule has 0 atom stereocenters. The zero-order chi connectivity index (χ0) is 18.1. The van der Waals surface area contributed by atoms with E-state index < -0.39 is 0 Å². The molecule has 0 N–H and O–H groups in total. The van der Waals surface area contributed by atoms with Gasteiger partial charge >= 0.3 is 0 Å². The molecular formula is C22H26N4. The van der Waals surface area contributed by atoms with Crippen LogP contribution in [-0.4, -0.2) is 31.9 Å². The van der Waals surface area contributed by atoms with Crippen LogP contribution in [0.1, 0.15) is 30.8 Å². The van der Waals surface area contributed by atoms with E-state index in [4.69, 9.17) is 4.98 Å². The van der Waals surface area contributed by atoms with Crippen LogP contribution in [0.25, 0.3) is 16.8 Å². The van der Waals surface area contributed by atoms with Crippen molar-refractivity contribution in [2.75, 3.05) is 13.1 Å². The van der Waals surface area contributed by atoms with Gasteiger partial charge in [-0.2, -0.15) is 0 Å². The van der Waals surface area contributed by atoms with Crippen LogP contribution >= 0.6 is 0 Å². The second kappa shape index (κ2) is 6.96. The van der Waals surface area contributed by atoms with E-state index in [2.05, 4.69) is 89.2 Å². The molecule has 0 radical (unpaired) electrons. The van der Waals surface area contributed by atoms with E-state index in [1.807, 2.05) is 0 Å². The minimum Gasteiger partial charge on any atom is -0.305 e. The quantitative estimate of drug-likeness (QED) is 0.514. The van der Waals surface area contributed by atoms with E-state index in [1.54, 1.807) is 0 Å². The van der Waals surface area contributed by atoms with Gasteiger partial charge in [-0.1, -0.05) is 56.3 Å². The topological polar surface area (TPSA) is 25.5 Å². The van der Waals surface area contributed by atoms with Gasteiger partial charge in [0.25, 0.3) is 0 Å². The largest absolute Gasteiger partial charge is 0.305 e. The maximum absolute atomic E-state index is 4.97. The predicted octanol–water partition coefficient (Wildman–Crippen LogP) is 4.49. The Hall–Kier alpha value is -2.59. The minimum atomic E-state index is 0.832. The lowest BCUT2D eigenvalue weighted by Gasteiger charge is -2.17. The first-order valence-corrected chi connectivity index (χ1v) is 9.44. The molecule has 0 bridgehead atoms. The molecule has 4 aromatic rings. The Labute approximate surface area is 154 Å². The number of imidazole rings is 2. The fourth-order valence-electron chi connectivity index (χ4n) is 3.74. The van der Waals surface area contributed by atoms with E-state index in [0.717, 1.165) is 37.7 Å². The molecule has 2 heterocycles. The third-order valence-electron chi connectivity index (χ3n) is 5.26. The molecule has 0 spiro atoms. The van der Waals surface area contributed by atoms with E-state index in [1.165, 1.54) is 22.3 Å². The fourth-order valence-corrected chi connectivity index (χ4v) is 3.74. The molecule has 4 heteroatoms. The van der Waals surface area contributed by atoms with Gasteiger partial charge in [0.05, 0.1) is 29.0 Å². The fraction of sp³-hybridized carbons (Fsp3) is 0.318. The van der Waals surface area contributed by atoms with Crippen molar-refractivity contribution in [3.8, 4) is 0 Å². The summed E-state index contributed by atoms with van der Waals surface area (Å²) in [6, 6.07) is 19.2. The summed E-state index contributed by atoms with van der Waals surface area (Å²) in [6.45, 7) is 10.4. The maximum atomic E-state index is 4.97. The highest BCUT2D eigenvalue weighted by atomic mass is 15.2. The zero-order valence-corrected chi connectivity index (χ0v) is 15.8. The summed E-state index contributed by atoms with van der Waals surface area (Å²) in [6.07, 6.45) is 0. The molecule has 134 valence electrons. The number of aromatic nitrogens is 3. The van der Waals surface area contributed by atoms with Crippen LogP contribution in [0.5, 0.6) is 0 Å². The van der Waals surface area contributed by atoms with Crippen molar-refractivity contribution < 1.29 is 0 Å². The van der Waals surface area contributed by atoms with Crippen molar-refractivity contribution >= 4 is 16.8 Å². The average molecular weight is 346 g/mol. The van der Waals surface area contributed by atoms with Crippen molar-refractivity contribution in [2.24, 2.45) is 0 Å². The van der Waals surface area contributed by atoms with Gasteiger partial charge in [0.15, 0.2) is 0 Å². The second-order valence-electron chi connectivity index (χ2n) is 6.80. The predicted molar refractivity (Wildman–Crippen MR) is 108 cm³/mol. The lowest BCUT2D eigenvalue weighted by atomic mass is 10.2. The first-order chi connectivity index (χ1) is 12.7. The molecule has 0 saturated carbocycles. The smallest absolute Gasteiger partial charge is 0.215 e. The van der Waals surface area contributed by atoms with E-state index in [-0.39, 0.29) is 0 Å². The van der Waals surface area contributed by atoms with Crippen LogP contribution < -0.4 is 0 Å². The summed E-state index contributed by atoms with van der Waals surface area (Å²) in [5.41, 5.74) is 6.19. The number of hydrogen-bond acceptors (Lipinski definition) is 2. The molecule has 4 nitrogen and oxygen atoms in total. The Morgan fingerprint density at radius 2 is 1.54 bits per heavy atom. The van der Waals surface area contributed by atoms with Gasteiger partial charge in [0, 0.05) is 6.54 Å². The van der Waals surface area contributed by atoms with Gasteiger partial charge in [0.1, 0.15) is 0 Å². The molecule has 4 rings (SSSR count). The average Bonchev–Trinajstić information content (AvgIpc) is 3.15. The Morgan fingerprint density at radius 3 is 2.23 bits per heavy atom. The molecule has 0 aliphatic carbocycles. The van der Waals surface area contributed by atoms with Crippen molar-refractivity contribution in [2.45, 2.75) is 33.9 Å². The highest BCUT2D eigenvalue weighted by Gasteiger charge is 2.19. The van der Waals surface area contributed by atoms with Crippen molar-refractivity contribution in [3.05, 3.63) is 71.5 Å². The SMILES string of the molecule is CCN(CC)Cc1c(C)nc2n(Cc3ccccc3)c3ccccc3n12. The zero-order valence-electron chi connectivity index (χ0n) is 15.8. The Kier molecular flexibility index (Phi) is 4.51. The van der Waals surface area contributed by atoms with Crippen LogP contribution in [0.2, 0.25) is 0 Å². The standard InChI is InChI=1S/C22H26N4/c1-4-24(5-2)16-21-17(3)23-22-25(15-18-11-7-6-8-12-18)19-13-9-10-14-20(19)26(21)22/h6-14H,4-5,15-16H2,1-3H3. The van der Waals surface area contributed by atoms with Crippen LogP contribution in [0, 0.1) is 6.92 Å². The van der Waals surface area contributed by atoms with Crippen LogP contribution in [-0.2, 0) is 13.1 Å². The van der Waals surface area contributed by atoms with Gasteiger partial charge in [-0.3, -0.25) is 9.30 Å². The molecule has 0 aliphatic heterocycles. The van der Waals surface area contributed by atoms with Gasteiger partial charge < -0.3 is 4.57 Å². The van der Waals surface area contributed by atoms with Crippen molar-refractivity contribution in [1.29, 1.82) is 0 Å². The van der Waals surface area contributed by atoms with E-state index >= 15 is 0 Å². The molecular weight excluding hydrogens is 320 g/mol. The van der Waals surface area contributed by atoms with Crippen LogP contribution in [0.15, 0.2) is 54.6 Å². The van der Waals surface area contributed by atoms with Crippen LogP contribution in [0.4, 0.5) is 0 Å². The number of hydrogen-bond donors (Lipinski definition) is 0. The number of nitrogens with zero attached hydrogens (tertiary/aromatic N) is 4. The molecule has 0 aliphatic rings. The normalized spacial score (nSPS) is 11.8. The second-order valence-corrected chi connectivity index (χ2v) is 6.80. The van der Waals surface area contributed by atoms with Gasteiger partial charge in [-0.15, -0.1) is 0 Å². The molecule has 0 unspecified atom stereocenters. The lowest BCUT2D eigenvalue weighted by molar-refractivity contribution is 0.291. The summed E-state index contributed by atoms with van der Waals surface area (Å²) in [5.74, 6) is 1.04. The number of fused-ring (bicyclic) bond motifs is 3. The van der Waals surface area contributed by atoms with E-state index in [9.17, 15) is 0 Å².